The lowest BCUT2D eigenvalue weighted by Crippen LogP contribution is -2.18. The quantitative estimate of drug-likeness (QED) is 0.201. The Morgan fingerprint density at radius 1 is 1.02 bits per heavy atom. The van der Waals surface area contributed by atoms with Crippen LogP contribution in [-0.4, -0.2) is 42.5 Å². The van der Waals surface area contributed by atoms with Crippen molar-refractivity contribution in [3.05, 3.63) is 95.6 Å². The molecule has 0 amide bonds. The van der Waals surface area contributed by atoms with E-state index in [-0.39, 0.29) is 11.9 Å². The van der Waals surface area contributed by atoms with E-state index < -0.39 is 6.10 Å². The van der Waals surface area contributed by atoms with Crippen molar-refractivity contribution in [1.29, 1.82) is 0 Å². The zero-order valence-corrected chi connectivity index (χ0v) is 25.4. The van der Waals surface area contributed by atoms with Crippen molar-refractivity contribution < 1.29 is 14.6 Å². The first kappa shape index (κ1) is 28.2. The van der Waals surface area contributed by atoms with E-state index in [9.17, 15) is 9.90 Å². The van der Waals surface area contributed by atoms with Gasteiger partial charge in [0, 0.05) is 47.1 Å². The van der Waals surface area contributed by atoms with E-state index in [2.05, 4.69) is 35.9 Å². The zero-order valence-electron chi connectivity index (χ0n) is 25.4. The number of rotatable bonds is 8. The van der Waals surface area contributed by atoms with Crippen LogP contribution < -0.4 is 0 Å². The number of nitrogens with zero attached hydrogens (tertiary/aromatic N) is 5. The van der Waals surface area contributed by atoms with Crippen LogP contribution in [-0.2, 0) is 23.1 Å². The number of aliphatic hydroxyl groups is 1. The number of aliphatic hydroxyl groups excluding tert-OH is 1. The highest BCUT2D eigenvalue weighted by atomic mass is 16.5. The highest BCUT2D eigenvalue weighted by molar-refractivity contribution is 5.94. The van der Waals surface area contributed by atoms with Crippen LogP contribution in [0.15, 0.2) is 72.9 Å². The first-order valence-electron chi connectivity index (χ1n) is 15.4. The molecule has 1 unspecified atom stereocenters. The molecule has 3 heterocycles. The lowest BCUT2D eigenvalue weighted by atomic mass is 9.88. The van der Waals surface area contributed by atoms with Gasteiger partial charge in [0.2, 0.25) is 0 Å². The molecule has 5 aromatic rings. The number of carbonyl (C=O) groups excluding carboxylic acids is 1. The maximum absolute atomic E-state index is 12.0. The number of fused-ring (bicyclic) bond motifs is 1. The number of imidazole rings is 1. The molecule has 0 spiro atoms. The van der Waals surface area contributed by atoms with Gasteiger partial charge in [0.1, 0.15) is 5.82 Å². The zero-order chi connectivity index (χ0) is 30.4. The van der Waals surface area contributed by atoms with Gasteiger partial charge >= 0.3 is 5.97 Å². The Balaban J connectivity index is 1.22. The Morgan fingerprint density at radius 3 is 2.55 bits per heavy atom. The molecular weight excluding hydrogens is 550 g/mol. The molecule has 0 bridgehead atoms. The van der Waals surface area contributed by atoms with Gasteiger partial charge in [0.15, 0.2) is 0 Å². The summed E-state index contributed by atoms with van der Waals surface area (Å²) in [6.07, 6.45) is 8.11. The summed E-state index contributed by atoms with van der Waals surface area (Å²) in [7, 11) is 3.57. The van der Waals surface area contributed by atoms with Gasteiger partial charge in [-0.1, -0.05) is 48.5 Å². The molecule has 0 aliphatic heterocycles. The average molecular weight is 588 g/mol. The summed E-state index contributed by atoms with van der Waals surface area (Å²) in [6.45, 7) is 2.42. The molecule has 44 heavy (non-hydrogen) atoms. The number of benzene rings is 2. The standard InChI is InChI=1S/C36H37N5O3/c1-22-27(18-19-30(37-22)23-12-16-26(17-13-23)36(43)44-3)35-38-33(34(40(35)2)25-14-15-25)28-10-7-11-31-29(28)20-41(39-31)21-32(42)24-8-5-4-6-9-24/h4-12,18-20,25-26,32,42H,13-17,21H2,1-3H3/t26?,32-/m0/s1. The van der Waals surface area contributed by atoms with Crippen molar-refractivity contribution >= 4 is 22.4 Å². The number of hydrogen-bond acceptors (Lipinski definition) is 6. The van der Waals surface area contributed by atoms with Crippen LogP contribution in [0.25, 0.3) is 39.1 Å². The van der Waals surface area contributed by atoms with Gasteiger partial charge in [-0.05, 0) is 68.4 Å². The molecule has 1 N–H and O–H groups in total. The van der Waals surface area contributed by atoms with Crippen molar-refractivity contribution in [2.45, 2.75) is 57.6 Å². The summed E-state index contributed by atoms with van der Waals surface area (Å²) >= 11 is 0. The molecule has 2 aliphatic carbocycles. The summed E-state index contributed by atoms with van der Waals surface area (Å²) < 4.78 is 9.03. The number of aryl methyl sites for hydroxylation is 1. The Kier molecular flexibility index (Phi) is 7.38. The highest BCUT2D eigenvalue weighted by Crippen LogP contribution is 2.47. The van der Waals surface area contributed by atoms with E-state index in [1.807, 2.05) is 60.3 Å². The molecule has 0 radical (unpaired) electrons. The van der Waals surface area contributed by atoms with Gasteiger partial charge in [-0.15, -0.1) is 0 Å². The molecule has 224 valence electrons. The predicted octanol–water partition coefficient (Wildman–Crippen LogP) is 6.77. The molecule has 8 heteroatoms. The van der Waals surface area contributed by atoms with Crippen molar-refractivity contribution in [3.63, 3.8) is 0 Å². The number of aromatic nitrogens is 5. The minimum atomic E-state index is -0.644. The molecule has 1 fully saturated rings. The molecule has 2 aliphatic rings. The van der Waals surface area contributed by atoms with Gasteiger partial charge in [-0.3, -0.25) is 14.5 Å². The number of hydrogen-bond donors (Lipinski definition) is 1. The van der Waals surface area contributed by atoms with Crippen LogP contribution >= 0.6 is 0 Å². The van der Waals surface area contributed by atoms with Crippen LogP contribution in [0.3, 0.4) is 0 Å². The molecular formula is C36H37N5O3. The first-order valence-corrected chi connectivity index (χ1v) is 15.4. The topological polar surface area (TPSA) is 95.1 Å². The molecule has 8 nitrogen and oxygen atoms in total. The Hall–Kier alpha value is -4.56. The van der Waals surface area contributed by atoms with Crippen LogP contribution in [0.5, 0.6) is 0 Å². The fraction of sp³-hybridized carbons (Fsp3) is 0.333. The fourth-order valence-electron chi connectivity index (χ4n) is 6.55. The minimum Gasteiger partial charge on any atom is -0.469 e. The van der Waals surface area contributed by atoms with E-state index in [4.69, 9.17) is 19.8 Å². The second kappa shape index (κ2) is 11.5. The van der Waals surface area contributed by atoms with Crippen molar-refractivity contribution in [3.8, 4) is 22.6 Å². The van der Waals surface area contributed by atoms with E-state index in [1.54, 1.807) is 0 Å². The van der Waals surface area contributed by atoms with Crippen LogP contribution in [0, 0.1) is 12.8 Å². The van der Waals surface area contributed by atoms with E-state index >= 15 is 0 Å². The highest BCUT2D eigenvalue weighted by Gasteiger charge is 2.33. The summed E-state index contributed by atoms with van der Waals surface area (Å²) in [5.74, 6) is 1.18. The first-order chi connectivity index (χ1) is 21.4. The van der Waals surface area contributed by atoms with Crippen molar-refractivity contribution in [1.82, 2.24) is 24.3 Å². The Bertz CT molecular complexity index is 1880. The average Bonchev–Trinajstić information content (AvgIpc) is 3.71. The van der Waals surface area contributed by atoms with E-state index in [1.165, 1.54) is 18.4 Å². The number of allylic oxidation sites excluding steroid dienone is 2. The third-order valence-corrected chi connectivity index (χ3v) is 9.10. The number of ether oxygens (including phenoxy) is 1. The van der Waals surface area contributed by atoms with Crippen LogP contribution in [0.2, 0.25) is 0 Å². The largest absolute Gasteiger partial charge is 0.469 e. The van der Waals surface area contributed by atoms with Crippen LogP contribution in [0.4, 0.5) is 0 Å². The number of carbonyl (C=O) groups is 1. The van der Waals surface area contributed by atoms with Gasteiger partial charge < -0.3 is 14.4 Å². The molecule has 3 aromatic heterocycles. The predicted molar refractivity (Wildman–Crippen MR) is 171 cm³/mol. The van der Waals surface area contributed by atoms with Gasteiger partial charge in [-0.2, -0.15) is 5.10 Å². The summed E-state index contributed by atoms with van der Waals surface area (Å²) in [5.41, 5.74) is 9.14. The Labute approximate surface area is 257 Å². The van der Waals surface area contributed by atoms with E-state index in [0.29, 0.717) is 18.9 Å². The normalized spacial score (nSPS) is 17.5. The van der Waals surface area contributed by atoms with Crippen molar-refractivity contribution in [2.75, 3.05) is 7.11 Å². The second-order valence-electron chi connectivity index (χ2n) is 12.1. The third-order valence-electron chi connectivity index (χ3n) is 9.10. The SMILES string of the molecule is COC(=O)C1CC=C(c2ccc(-c3nc(-c4cccc5nn(C[C@H](O)c6ccccc6)cc45)c(C4CC4)n3C)c(C)n2)CC1. The molecule has 1 saturated carbocycles. The molecule has 2 aromatic carbocycles. The number of methoxy groups -OCH3 is 1. The molecule has 7 rings (SSSR count). The summed E-state index contributed by atoms with van der Waals surface area (Å²) in [5, 5.41) is 16.7. The smallest absolute Gasteiger partial charge is 0.308 e. The monoisotopic (exact) mass is 587 g/mol. The van der Waals surface area contributed by atoms with Gasteiger partial charge in [0.05, 0.1) is 42.6 Å². The maximum atomic E-state index is 12.0. The molecule has 0 saturated heterocycles. The van der Waals surface area contributed by atoms with Gasteiger partial charge in [-0.25, -0.2) is 4.98 Å². The van der Waals surface area contributed by atoms with Crippen molar-refractivity contribution in [2.24, 2.45) is 13.0 Å². The third kappa shape index (κ3) is 5.24. The number of esters is 1. The number of pyridine rings is 1. The maximum Gasteiger partial charge on any atom is 0.308 e. The lowest BCUT2D eigenvalue weighted by Gasteiger charge is -2.20. The van der Waals surface area contributed by atoms with Crippen LogP contribution in [0.1, 0.15) is 66.8 Å². The lowest BCUT2D eigenvalue weighted by molar-refractivity contribution is -0.145. The minimum absolute atomic E-state index is 0.0681. The van der Waals surface area contributed by atoms with Gasteiger partial charge in [0.25, 0.3) is 0 Å². The fourth-order valence-corrected chi connectivity index (χ4v) is 6.55. The Morgan fingerprint density at radius 2 is 1.84 bits per heavy atom. The summed E-state index contributed by atoms with van der Waals surface area (Å²) in [6, 6.07) is 20.1. The molecule has 2 atom stereocenters. The summed E-state index contributed by atoms with van der Waals surface area (Å²) in [4.78, 5) is 22.3. The second-order valence-corrected chi connectivity index (χ2v) is 12.1. The van der Waals surface area contributed by atoms with E-state index in [0.717, 1.165) is 76.2 Å².